The molecule has 2 aliphatic rings. The lowest BCUT2D eigenvalue weighted by molar-refractivity contribution is -0.139. The van der Waals surface area contributed by atoms with E-state index in [1.165, 1.54) is 19.3 Å². The molecule has 1 aromatic carbocycles. The molecule has 4 nitrogen and oxygen atoms in total. The molecule has 23 heavy (non-hydrogen) atoms. The summed E-state index contributed by atoms with van der Waals surface area (Å²) in [5.41, 5.74) is 2.27. The van der Waals surface area contributed by atoms with Crippen molar-refractivity contribution in [2.75, 3.05) is 0 Å². The summed E-state index contributed by atoms with van der Waals surface area (Å²) in [5, 5.41) is 0. The van der Waals surface area contributed by atoms with E-state index in [1.54, 1.807) is 6.33 Å². The van der Waals surface area contributed by atoms with Crippen molar-refractivity contribution in [1.29, 1.82) is 0 Å². The van der Waals surface area contributed by atoms with Crippen molar-refractivity contribution in [2.45, 2.75) is 50.7 Å². The summed E-state index contributed by atoms with van der Waals surface area (Å²) in [4.78, 5) is 19.3. The van der Waals surface area contributed by atoms with Crippen LogP contribution in [0.2, 0.25) is 0 Å². The lowest BCUT2D eigenvalue weighted by atomic mass is 9.90. The molecular weight excluding hydrogens is 354 g/mol. The van der Waals surface area contributed by atoms with E-state index >= 15 is 0 Å². The first-order valence-electron chi connectivity index (χ1n) is 8.30. The fourth-order valence-corrected chi connectivity index (χ4v) is 4.40. The fourth-order valence-electron chi connectivity index (χ4n) is 3.99. The van der Waals surface area contributed by atoms with Crippen molar-refractivity contribution in [3.63, 3.8) is 0 Å². The van der Waals surface area contributed by atoms with Crippen LogP contribution in [0.1, 0.15) is 49.4 Å². The number of hydrogen-bond acceptors (Lipinski definition) is 2. The Morgan fingerprint density at radius 2 is 2.00 bits per heavy atom. The smallest absolute Gasteiger partial charge is 0.243 e. The Bertz CT molecular complexity index is 721. The van der Waals surface area contributed by atoms with Crippen molar-refractivity contribution in [3.8, 4) is 0 Å². The zero-order chi connectivity index (χ0) is 15.8. The lowest BCUT2D eigenvalue weighted by Gasteiger charge is -2.43. The molecule has 1 unspecified atom stereocenters. The number of carbonyl (C=O) groups excluding carboxylic acids is 1. The third-order valence-corrected chi connectivity index (χ3v) is 5.52. The van der Waals surface area contributed by atoms with Crippen molar-refractivity contribution >= 4 is 21.8 Å². The first kappa shape index (κ1) is 14.9. The quantitative estimate of drug-likeness (QED) is 0.800. The molecule has 1 saturated carbocycles. The highest BCUT2D eigenvalue weighted by Crippen LogP contribution is 2.38. The standard InChI is InChI=1S/C18H20BrN3O/c19-14-6-4-5-13(9-14)18-16-10-20-12-21(16)11-17(23)22(18)15-7-2-1-3-8-15/h4-6,9-10,12,15,18H,1-3,7-8,11H2. The Kier molecular flexibility index (Phi) is 3.97. The Balaban J connectivity index is 1.80. The first-order chi connectivity index (χ1) is 11.2. The first-order valence-corrected chi connectivity index (χ1v) is 9.10. The molecule has 0 radical (unpaired) electrons. The van der Waals surface area contributed by atoms with Gasteiger partial charge in [-0.2, -0.15) is 0 Å². The number of benzene rings is 1. The van der Waals surface area contributed by atoms with Gasteiger partial charge in [0.25, 0.3) is 0 Å². The van der Waals surface area contributed by atoms with Gasteiger partial charge >= 0.3 is 0 Å². The summed E-state index contributed by atoms with van der Waals surface area (Å²) < 4.78 is 3.04. The van der Waals surface area contributed by atoms with Crippen molar-refractivity contribution in [3.05, 3.63) is 52.5 Å². The molecule has 5 heteroatoms. The van der Waals surface area contributed by atoms with Gasteiger partial charge < -0.3 is 9.47 Å². The van der Waals surface area contributed by atoms with Crippen LogP contribution in [0.3, 0.4) is 0 Å². The summed E-state index contributed by atoms with van der Waals surface area (Å²) in [6, 6.07) is 8.62. The van der Waals surface area contributed by atoms with Crippen molar-refractivity contribution in [2.24, 2.45) is 0 Å². The molecule has 1 aromatic heterocycles. The number of aromatic nitrogens is 2. The van der Waals surface area contributed by atoms with E-state index in [1.807, 2.05) is 22.9 Å². The zero-order valence-corrected chi connectivity index (χ0v) is 14.6. The minimum absolute atomic E-state index is 0.0284. The SMILES string of the molecule is O=C1Cn2cncc2C(c2cccc(Br)c2)N1C1CCCCC1. The van der Waals surface area contributed by atoms with Gasteiger partial charge in [-0.1, -0.05) is 47.3 Å². The van der Waals surface area contributed by atoms with Gasteiger partial charge in [-0.25, -0.2) is 4.98 Å². The molecule has 120 valence electrons. The molecule has 0 spiro atoms. The average Bonchev–Trinajstić information content (AvgIpc) is 3.02. The van der Waals surface area contributed by atoms with Gasteiger partial charge in [-0.3, -0.25) is 4.79 Å². The summed E-state index contributed by atoms with van der Waals surface area (Å²) in [6.07, 6.45) is 9.65. The number of carbonyl (C=O) groups is 1. The monoisotopic (exact) mass is 373 g/mol. The summed E-state index contributed by atoms with van der Waals surface area (Å²) >= 11 is 3.56. The Labute approximate surface area is 144 Å². The highest BCUT2D eigenvalue weighted by molar-refractivity contribution is 9.10. The van der Waals surface area contributed by atoms with E-state index in [2.05, 4.69) is 37.9 Å². The Morgan fingerprint density at radius 3 is 2.78 bits per heavy atom. The van der Waals surface area contributed by atoms with Crippen LogP contribution in [-0.2, 0) is 11.3 Å². The average molecular weight is 374 g/mol. The van der Waals surface area contributed by atoms with Crippen LogP contribution in [0.5, 0.6) is 0 Å². The van der Waals surface area contributed by atoms with E-state index in [0.717, 1.165) is 28.6 Å². The maximum absolute atomic E-state index is 12.9. The zero-order valence-electron chi connectivity index (χ0n) is 13.0. The molecule has 1 atom stereocenters. The van der Waals surface area contributed by atoms with Crippen LogP contribution in [0, 0.1) is 0 Å². The molecule has 0 N–H and O–H groups in total. The molecule has 0 bridgehead atoms. The number of rotatable bonds is 2. The van der Waals surface area contributed by atoms with Crippen molar-refractivity contribution < 1.29 is 4.79 Å². The lowest BCUT2D eigenvalue weighted by Crippen LogP contribution is -2.49. The van der Waals surface area contributed by atoms with Crippen molar-refractivity contribution in [1.82, 2.24) is 14.5 Å². The van der Waals surface area contributed by atoms with Crippen LogP contribution in [0.15, 0.2) is 41.3 Å². The van der Waals surface area contributed by atoms with Gasteiger partial charge in [0, 0.05) is 10.5 Å². The van der Waals surface area contributed by atoms with E-state index in [0.29, 0.717) is 12.6 Å². The summed E-state index contributed by atoms with van der Waals surface area (Å²) in [5.74, 6) is 0.215. The van der Waals surface area contributed by atoms with E-state index in [4.69, 9.17) is 0 Å². The molecular formula is C18H20BrN3O. The number of hydrogen-bond donors (Lipinski definition) is 0. The largest absolute Gasteiger partial charge is 0.325 e. The van der Waals surface area contributed by atoms with Crippen LogP contribution >= 0.6 is 15.9 Å². The predicted molar refractivity (Wildman–Crippen MR) is 91.9 cm³/mol. The fraction of sp³-hybridized carbons (Fsp3) is 0.444. The van der Waals surface area contributed by atoms with Gasteiger partial charge in [-0.15, -0.1) is 0 Å². The van der Waals surface area contributed by atoms with Crippen LogP contribution < -0.4 is 0 Å². The van der Waals surface area contributed by atoms with Gasteiger partial charge in [0.15, 0.2) is 0 Å². The molecule has 2 aromatic rings. The Hall–Kier alpha value is -1.62. The van der Waals surface area contributed by atoms with Gasteiger partial charge in [0.2, 0.25) is 5.91 Å². The topological polar surface area (TPSA) is 38.1 Å². The minimum atomic E-state index is -0.0284. The number of fused-ring (bicyclic) bond motifs is 1. The van der Waals surface area contributed by atoms with E-state index in [9.17, 15) is 4.79 Å². The maximum Gasteiger partial charge on any atom is 0.243 e. The molecule has 0 saturated heterocycles. The van der Waals surface area contributed by atoms with Gasteiger partial charge in [0.1, 0.15) is 6.54 Å². The van der Waals surface area contributed by atoms with Crippen LogP contribution in [0.25, 0.3) is 0 Å². The number of halogens is 1. The number of imidazole rings is 1. The summed E-state index contributed by atoms with van der Waals surface area (Å²) in [6.45, 7) is 0.413. The van der Waals surface area contributed by atoms with Gasteiger partial charge in [0.05, 0.1) is 24.3 Å². The second-order valence-electron chi connectivity index (χ2n) is 6.50. The number of amides is 1. The molecule has 1 aliphatic carbocycles. The van der Waals surface area contributed by atoms with Crippen LogP contribution in [-0.4, -0.2) is 26.4 Å². The highest BCUT2D eigenvalue weighted by atomic mass is 79.9. The molecule has 1 fully saturated rings. The number of nitrogens with zero attached hydrogens (tertiary/aromatic N) is 3. The maximum atomic E-state index is 12.9. The van der Waals surface area contributed by atoms with Crippen LogP contribution in [0.4, 0.5) is 0 Å². The molecule has 1 amide bonds. The van der Waals surface area contributed by atoms with Gasteiger partial charge in [-0.05, 0) is 30.5 Å². The van der Waals surface area contributed by atoms with E-state index < -0.39 is 0 Å². The highest BCUT2D eigenvalue weighted by Gasteiger charge is 2.38. The third-order valence-electron chi connectivity index (χ3n) is 5.03. The Morgan fingerprint density at radius 1 is 1.17 bits per heavy atom. The normalized spacial score (nSPS) is 22.2. The molecule has 2 heterocycles. The second-order valence-corrected chi connectivity index (χ2v) is 7.41. The molecule has 4 rings (SSSR count). The minimum Gasteiger partial charge on any atom is -0.325 e. The predicted octanol–water partition coefficient (Wildman–Crippen LogP) is 3.91. The summed E-state index contributed by atoms with van der Waals surface area (Å²) in [7, 11) is 0. The third kappa shape index (κ3) is 2.71. The second kappa shape index (κ2) is 6.11. The van der Waals surface area contributed by atoms with E-state index in [-0.39, 0.29) is 11.9 Å². The molecule has 1 aliphatic heterocycles.